The molecule has 0 aliphatic carbocycles. The van der Waals surface area contributed by atoms with Crippen LogP contribution in [0.5, 0.6) is 5.75 Å². The van der Waals surface area contributed by atoms with Crippen molar-refractivity contribution in [2.24, 2.45) is 0 Å². The molecular formula is C15H12FNO4. The highest BCUT2D eigenvalue weighted by Crippen LogP contribution is 2.24. The fourth-order valence-corrected chi connectivity index (χ4v) is 1.72. The molecule has 108 valence electrons. The molecule has 0 aliphatic heterocycles. The number of hydrogen-bond donors (Lipinski definition) is 0. The van der Waals surface area contributed by atoms with Crippen LogP contribution in [0.3, 0.4) is 0 Å². The number of ether oxygens (including phenoxy) is 1. The van der Waals surface area contributed by atoms with E-state index >= 15 is 0 Å². The summed E-state index contributed by atoms with van der Waals surface area (Å²) in [6, 6.07) is 9.29. The summed E-state index contributed by atoms with van der Waals surface area (Å²) >= 11 is 0. The molecule has 0 saturated heterocycles. The average Bonchev–Trinajstić information content (AvgIpc) is 2.46. The Kier molecular flexibility index (Phi) is 4.27. The Hall–Kier alpha value is -2.76. The number of non-ortho nitro benzene ring substituents is 1. The fourth-order valence-electron chi connectivity index (χ4n) is 1.72. The molecular weight excluding hydrogens is 277 g/mol. The Balaban J connectivity index is 2.09. The normalized spacial score (nSPS) is 10.2. The number of aryl methyl sites for hydroxylation is 1. The van der Waals surface area contributed by atoms with Crippen molar-refractivity contribution in [1.82, 2.24) is 0 Å². The van der Waals surface area contributed by atoms with Gasteiger partial charge in [0, 0.05) is 11.6 Å². The molecule has 2 aromatic carbocycles. The predicted octanol–water partition coefficient (Wildman–Crippen LogP) is 3.30. The number of Topliss-reactive ketones (excluding diaryl/α,β-unsaturated/α-hetero) is 1. The topological polar surface area (TPSA) is 69.4 Å². The number of nitrogens with zero attached hydrogens (tertiary/aromatic N) is 1. The first-order valence-corrected chi connectivity index (χ1v) is 6.14. The fraction of sp³-hybridized carbons (Fsp3) is 0.133. The standard InChI is InChI=1S/C15H12FNO4/c1-10-2-7-13(17(19)20)8-15(10)21-9-14(18)11-3-5-12(16)6-4-11/h2-8H,9H2,1H3. The maximum Gasteiger partial charge on any atom is 0.273 e. The van der Waals surface area contributed by atoms with Gasteiger partial charge in [-0.15, -0.1) is 0 Å². The lowest BCUT2D eigenvalue weighted by atomic mass is 10.1. The summed E-state index contributed by atoms with van der Waals surface area (Å²) in [5, 5.41) is 10.7. The van der Waals surface area contributed by atoms with E-state index in [2.05, 4.69) is 0 Å². The first kappa shape index (κ1) is 14.6. The molecule has 0 N–H and O–H groups in total. The van der Waals surface area contributed by atoms with E-state index in [9.17, 15) is 19.3 Å². The quantitative estimate of drug-likeness (QED) is 0.481. The highest BCUT2D eigenvalue weighted by Gasteiger charge is 2.12. The summed E-state index contributed by atoms with van der Waals surface area (Å²) in [5.74, 6) is -0.484. The van der Waals surface area contributed by atoms with Crippen LogP contribution in [0, 0.1) is 22.9 Å². The third-order valence-electron chi connectivity index (χ3n) is 2.91. The molecule has 21 heavy (non-hydrogen) atoms. The van der Waals surface area contributed by atoms with E-state index in [1.165, 1.54) is 36.4 Å². The van der Waals surface area contributed by atoms with Gasteiger partial charge in [0.25, 0.3) is 5.69 Å². The van der Waals surface area contributed by atoms with Gasteiger partial charge in [-0.3, -0.25) is 14.9 Å². The number of carbonyl (C=O) groups excluding carboxylic acids is 1. The molecule has 0 aliphatic rings. The Morgan fingerprint density at radius 1 is 1.24 bits per heavy atom. The van der Waals surface area contributed by atoms with E-state index in [0.717, 1.165) is 0 Å². The predicted molar refractivity (Wildman–Crippen MR) is 74.1 cm³/mol. The number of hydrogen-bond acceptors (Lipinski definition) is 4. The molecule has 0 unspecified atom stereocenters. The smallest absolute Gasteiger partial charge is 0.273 e. The second-order valence-corrected chi connectivity index (χ2v) is 4.43. The Morgan fingerprint density at radius 2 is 1.90 bits per heavy atom. The molecule has 0 heterocycles. The van der Waals surface area contributed by atoms with Crippen LogP contribution in [0.15, 0.2) is 42.5 Å². The van der Waals surface area contributed by atoms with Gasteiger partial charge in [-0.1, -0.05) is 0 Å². The van der Waals surface area contributed by atoms with Crippen molar-refractivity contribution in [3.8, 4) is 5.75 Å². The molecule has 0 amide bonds. The van der Waals surface area contributed by atoms with Crippen LogP contribution in [-0.4, -0.2) is 17.3 Å². The van der Waals surface area contributed by atoms with Crippen molar-refractivity contribution in [1.29, 1.82) is 0 Å². The van der Waals surface area contributed by atoms with Gasteiger partial charge >= 0.3 is 0 Å². The van der Waals surface area contributed by atoms with E-state index < -0.39 is 10.7 Å². The Morgan fingerprint density at radius 3 is 2.52 bits per heavy atom. The van der Waals surface area contributed by atoms with Crippen LogP contribution in [0.4, 0.5) is 10.1 Å². The first-order chi connectivity index (χ1) is 9.97. The first-order valence-electron chi connectivity index (χ1n) is 6.14. The van der Waals surface area contributed by atoms with E-state index in [-0.39, 0.29) is 23.8 Å². The summed E-state index contributed by atoms with van der Waals surface area (Å²) in [6.45, 7) is 1.45. The molecule has 0 radical (unpaired) electrons. The van der Waals surface area contributed by atoms with E-state index in [1.807, 2.05) is 0 Å². The number of halogens is 1. The molecule has 0 atom stereocenters. The second-order valence-electron chi connectivity index (χ2n) is 4.43. The van der Waals surface area contributed by atoms with Gasteiger partial charge in [0.2, 0.25) is 0 Å². The Labute approximate surface area is 120 Å². The minimum Gasteiger partial charge on any atom is -0.485 e. The number of nitro benzene ring substituents is 1. The monoisotopic (exact) mass is 289 g/mol. The zero-order valence-corrected chi connectivity index (χ0v) is 11.2. The van der Waals surface area contributed by atoms with Gasteiger partial charge in [-0.25, -0.2) is 4.39 Å². The minimum absolute atomic E-state index is 0.107. The third-order valence-corrected chi connectivity index (χ3v) is 2.91. The van der Waals surface area contributed by atoms with E-state index in [1.54, 1.807) is 13.0 Å². The number of carbonyl (C=O) groups is 1. The molecule has 0 fully saturated rings. The molecule has 0 aromatic heterocycles. The average molecular weight is 289 g/mol. The van der Waals surface area contributed by atoms with Crippen molar-refractivity contribution >= 4 is 11.5 Å². The summed E-state index contributed by atoms with van der Waals surface area (Å²) in [6.07, 6.45) is 0. The maximum atomic E-state index is 12.8. The molecule has 0 saturated carbocycles. The van der Waals surface area contributed by atoms with Crippen molar-refractivity contribution in [3.63, 3.8) is 0 Å². The van der Waals surface area contributed by atoms with Crippen molar-refractivity contribution in [2.45, 2.75) is 6.92 Å². The van der Waals surface area contributed by atoms with Gasteiger partial charge in [-0.2, -0.15) is 0 Å². The molecule has 5 nitrogen and oxygen atoms in total. The SMILES string of the molecule is Cc1ccc([N+](=O)[O-])cc1OCC(=O)c1ccc(F)cc1. The molecule has 2 rings (SSSR count). The van der Waals surface area contributed by atoms with Gasteiger partial charge in [0.15, 0.2) is 12.4 Å². The lowest BCUT2D eigenvalue weighted by Crippen LogP contribution is -2.12. The van der Waals surface area contributed by atoms with E-state index in [4.69, 9.17) is 4.74 Å². The lowest BCUT2D eigenvalue weighted by Gasteiger charge is -2.08. The summed E-state index contributed by atoms with van der Waals surface area (Å²) in [5.41, 5.74) is 0.900. The van der Waals surface area contributed by atoms with Crippen LogP contribution in [0.25, 0.3) is 0 Å². The highest BCUT2D eigenvalue weighted by atomic mass is 19.1. The van der Waals surface area contributed by atoms with Gasteiger partial charge in [0.1, 0.15) is 11.6 Å². The van der Waals surface area contributed by atoms with Gasteiger partial charge < -0.3 is 4.74 Å². The van der Waals surface area contributed by atoms with Gasteiger partial charge in [0.05, 0.1) is 11.0 Å². The lowest BCUT2D eigenvalue weighted by molar-refractivity contribution is -0.384. The highest BCUT2D eigenvalue weighted by molar-refractivity contribution is 5.97. The number of rotatable bonds is 5. The molecule has 2 aromatic rings. The summed E-state index contributed by atoms with van der Waals surface area (Å²) in [7, 11) is 0. The maximum absolute atomic E-state index is 12.8. The summed E-state index contributed by atoms with van der Waals surface area (Å²) in [4.78, 5) is 22.0. The largest absolute Gasteiger partial charge is 0.485 e. The number of benzene rings is 2. The van der Waals surface area contributed by atoms with Crippen LogP contribution < -0.4 is 4.74 Å². The van der Waals surface area contributed by atoms with E-state index in [0.29, 0.717) is 11.1 Å². The zero-order chi connectivity index (χ0) is 15.4. The second kappa shape index (κ2) is 6.13. The number of nitro groups is 1. The third kappa shape index (κ3) is 3.62. The molecule has 0 bridgehead atoms. The van der Waals surface area contributed by atoms with Crippen molar-refractivity contribution < 1.29 is 18.8 Å². The number of ketones is 1. The van der Waals surface area contributed by atoms with Crippen LogP contribution in [0.1, 0.15) is 15.9 Å². The van der Waals surface area contributed by atoms with Crippen LogP contribution >= 0.6 is 0 Å². The van der Waals surface area contributed by atoms with Crippen LogP contribution in [0.2, 0.25) is 0 Å². The van der Waals surface area contributed by atoms with Crippen molar-refractivity contribution in [2.75, 3.05) is 6.61 Å². The molecule has 0 spiro atoms. The molecule has 6 heteroatoms. The summed E-state index contributed by atoms with van der Waals surface area (Å²) < 4.78 is 18.1. The zero-order valence-electron chi connectivity index (χ0n) is 11.2. The minimum atomic E-state index is -0.534. The van der Waals surface area contributed by atoms with Gasteiger partial charge in [-0.05, 0) is 42.8 Å². The van der Waals surface area contributed by atoms with Crippen molar-refractivity contribution in [3.05, 3.63) is 69.5 Å². The van der Waals surface area contributed by atoms with Crippen LogP contribution in [-0.2, 0) is 0 Å². The Bertz CT molecular complexity index is 683.